The summed E-state index contributed by atoms with van der Waals surface area (Å²) in [6, 6.07) is 21.7. The summed E-state index contributed by atoms with van der Waals surface area (Å²) in [6.45, 7) is 2.71. The molecule has 2 atom stereocenters. The number of carbonyl (C=O) groups excluding carboxylic acids is 3. The lowest BCUT2D eigenvalue weighted by Crippen LogP contribution is -2.44. The number of nitrogens with zero attached hydrogens (tertiary/aromatic N) is 1. The van der Waals surface area contributed by atoms with E-state index in [9.17, 15) is 18.8 Å². The van der Waals surface area contributed by atoms with Crippen LogP contribution in [0.1, 0.15) is 52.1 Å². The second-order valence-corrected chi connectivity index (χ2v) is 8.74. The Morgan fingerprint density at radius 1 is 0.943 bits per heavy atom. The molecule has 180 valence electrons. The molecular weight excluding hydrogens is 445 g/mol. The second kappa shape index (κ2) is 11.0. The number of nitrogens with one attached hydrogen (secondary N) is 2. The fourth-order valence-electron chi connectivity index (χ4n) is 4.28. The average Bonchev–Trinajstić information content (AvgIpc) is 2.89. The zero-order valence-electron chi connectivity index (χ0n) is 19.5. The summed E-state index contributed by atoms with van der Waals surface area (Å²) in [4.78, 5) is 40.5. The van der Waals surface area contributed by atoms with E-state index >= 15 is 0 Å². The van der Waals surface area contributed by atoms with Crippen LogP contribution in [0.5, 0.6) is 0 Å². The molecule has 1 heterocycles. The molecule has 1 saturated heterocycles. The summed E-state index contributed by atoms with van der Waals surface area (Å²) in [7, 11) is 0. The van der Waals surface area contributed by atoms with Gasteiger partial charge in [0, 0.05) is 18.7 Å². The molecule has 0 aliphatic carbocycles. The predicted molar refractivity (Wildman–Crippen MR) is 132 cm³/mol. The highest BCUT2D eigenvalue weighted by molar-refractivity contribution is 6.04. The van der Waals surface area contributed by atoms with Gasteiger partial charge in [-0.05, 0) is 61.7 Å². The number of hydrogen-bond donors (Lipinski definition) is 2. The van der Waals surface area contributed by atoms with Crippen molar-refractivity contribution in [2.45, 2.75) is 25.8 Å². The van der Waals surface area contributed by atoms with Gasteiger partial charge in [-0.25, -0.2) is 4.39 Å². The van der Waals surface area contributed by atoms with Crippen LogP contribution in [0.3, 0.4) is 0 Å². The molecule has 4 rings (SSSR count). The molecule has 2 N–H and O–H groups in total. The third-order valence-electron chi connectivity index (χ3n) is 6.25. The van der Waals surface area contributed by atoms with Gasteiger partial charge in [0.15, 0.2) is 0 Å². The first kappa shape index (κ1) is 24.1. The number of rotatable bonds is 6. The molecule has 3 aromatic carbocycles. The number of amides is 3. The van der Waals surface area contributed by atoms with Crippen molar-refractivity contribution in [3.05, 3.63) is 101 Å². The Kier molecular flexibility index (Phi) is 7.55. The maximum atomic E-state index is 13.2. The van der Waals surface area contributed by atoms with E-state index in [1.54, 1.807) is 29.2 Å². The van der Waals surface area contributed by atoms with Crippen LogP contribution in [-0.2, 0) is 4.79 Å². The SMILES string of the molecule is CC(NC(=O)c1ccccc1NC(=O)C1CCCN(C(=O)c2ccc(F)cc2)C1)c1ccccc1. The minimum atomic E-state index is -0.410. The van der Waals surface area contributed by atoms with Crippen LogP contribution in [0.15, 0.2) is 78.9 Å². The zero-order valence-corrected chi connectivity index (χ0v) is 19.5. The summed E-state index contributed by atoms with van der Waals surface area (Å²) < 4.78 is 13.2. The van der Waals surface area contributed by atoms with E-state index in [0.29, 0.717) is 36.2 Å². The highest BCUT2D eigenvalue weighted by atomic mass is 19.1. The van der Waals surface area contributed by atoms with Crippen molar-refractivity contribution in [3.8, 4) is 0 Å². The topological polar surface area (TPSA) is 78.5 Å². The smallest absolute Gasteiger partial charge is 0.253 e. The molecule has 6 nitrogen and oxygen atoms in total. The van der Waals surface area contributed by atoms with Gasteiger partial charge in [-0.2, -0.15) is 0 Å². The van der Waals surface area contributed by atoms with Crippen LogP contribution in [-0.4, -0.2) is 35.7 Å². The normalized spacial score (nSPS) is 16.3. The van der Waals surface area contributed by atoms with Crippen LogP contribution in [0.4, 0.5) is 10.1 Å². The number of likely N-dealkylation sites (tertiary alicyclic amines) is 1. The Hall–Kier alpha value is -4.00. The van der Waals surface area contributed by atoms with Gasteiger partial charge in [0.1, 0.15) is 5.82 Å². The number of para-hydroxylation sites is 1. The highest BCUT2D eigenvalue weighted by Gasteiger charge is 2.29. The van der Waals surface area contributed by atoms with E-state index in [1.807, 2.05) is 37.3 Å². The highest BCUT2D eigenvalue weighted by Crippen LogP contribution is 2.23. The van der Waals surface area contributed by atoms with Gasteiger partial charge in [-0.1, -0.05) is 42.5 Å². The number of hydrogen-bond acceptors (Lipinski definition) is 3. The zero-order chi connectivity index (χ0) is 24.8. The van der Waals surface area contributed by atoms with E-state index in [4.69, 9.17) is 0 Å². The quantitative estimate of drug-likeness (QED) is 0.540. The summed E-state index contributed by atoms with van der Waals surface area (Å²) in [5, 5.41) is 5.87. The number of benzene rings is 3. The first-order valence-corrected chi connectivity index (χ1v) is 11.7. The summed E-state index contributed by atoms with van der Waals surface area (Å²) >= 11 is 0. The summed E-state index contributed by atoms with van der Waals surface area (Å²) in [6.07, 6.45) is 1.32. The fourth-order valence-corrected chi connectivity index (χ4v) is 4.28. The maximum Gasteiger partial charge on any atom is 0.253 e. The van der Waals surface area contributed by atoms with Gasteiger partial charge < -0.3 is 15.5 Å². The number of anilines is 1. The summed E-state index contributed by atoms with van der Waals surface area (Å²) in [5.41, 5.74) is 2.17. The maximum absolute atomic E-state index is 13.2. The third kappa shape index (κ3) is 5.93. The van der Waals surface area contributed by atoms with Crippen LogP contribution >= 0.6 is 0 Å². The van der Waals surface area contributed by atoms with Gasteiger partial charge in [-0.15, -0.1) is 0 Å². The van der Waals surface area contributed by atoms with Crippen molar-refractivity contribution in [2.24, 2.45) is 5.92 Å². The van der Waals surface area contributed by atoms with E-state index in [1.165, 1.54) is 24.3 Å². The molecule has 0 spiro atoms. The van der Waals surface area contributed by atoms with Gasteiger partial charge in [0.05, 0.1) is 23.2 Å². The van der Waals surface area contributed by atoms with Crippen LogP contribution in [0.2, 0.25) is 0 Å². The van der Waals surface area contributed by atoms with Crippen LogP contribution in [0.25, 0.3) is 0 Å². The molecule has 7 heteroatoms. The van der Waals surface area contributed by atoms with Crippen LogP contribution in [0, 0.1) is 11.7 Å². The molecule has 2 unspecified atom stereocenters. The standard InChI is InChI=1S/C28H28FN3O3/c1-19(20-8-3-2-4-9-20)30-27(34)24-11-5-6-12-25(24)31-26(33)22-10-7-17-32(18-22)28(35)21-13-15-23(29)16-14-21/h2-6,8-9,11-16,19,22H,7,10,17-18H2,1H3,(H,30,34)(H,31,33). The van der Waals surface area contributed by atoms with E-state index in [0.717, 1.165) is 5.56 Å². The predicted octanol–water partition coefficient (Wildman–Crippen LogP) is 4.81. The average molecular weight is 474 g/mol. The first-order valence-electron chi connectivity index (χ1n) is 11.7. The Bertz CT molecular complexity index is 1200. The van der Waals surface area contributed by atoms with Crippen molar-refractivity contribution < 1.29 is 18.8 Å². The minimum Gasteiger partial charge on any atom is -0.345 e. The number of halogens is 1. The molecule has 3 amide bonds. The van der Waals surface area contributed by atoms with Crippen molar-refractivity contribution in [1.82, 2.24) is 10.2 Å². The summed E-state index contributed by atoms with van der Waals surface area (Å²) in [5.74, 6) is -1.56. The van der Waals surface area contributed by atoms with Crippen molar-refractivity contribution in [3.63, 3.8) is 0 Å². The van der Waals surface area contributed by atoms with Crippen LogP contribution < -0.4 is 10.6 Å². The van der Waals surface area contributed by atoms with E-state index in [-0.39, 0.29) is 30.3 Å². The number of carbonyl (C=O) groups is 3. The van der Waals surface area contributed by atoms with E-state index in [2.05, 4.69) is 10.6 Å². The Morgan fingerprint density at radius 3 is 2.37 bits per heavy atom. The molecule has 1 aliphatic rings. The van der Waals surface area contributed by atoms with Crippen molar-refractivity contribution in [2.75, 3.05) is 18.4 Å². The lowest BCUT2D eigenvalue weighted by Gasteiger charge is -2.32. The Labute approximate surface area is 204 Å². The number of piperidine rings is 1. The molecular formula is C28H28FN3O3. The van der Waals surface area contributed by atoms with Gasteiger partial charge in [-0.3, -0.25) is 14.4 Å². The monoisotopic (exact) mass is 473 g/mol. The van der Waals surface area contributed by atoms with E-state index < -0.39 is 11.7 Å². The third-order valence-corrected chi connectivity index (χ3v) is 6.25. The fraction of sp³-hybridized carbons (Fsp3) is 0.250. The molecule has 0 aromatic heterocycles. The molecule has 0 saturated carbocycles. The Balaban J connectivity index is 1.42. The van der Waals surface area contributed by atoms with Gasteiger partial charge >= 0.3 is 0 Å². The lowest BCUT2D eigenvalue weighted by atomic mass is 9.96. The van der Waals surface area contributed by atoms with Crippen molar-refractivity contribution >= 4 is 23.4 Å². The molecule has 35 heavy (non-hydrogen) atoms. The first-order chi connectivity index (χ1) is 16.9. The molecule has 1 aliphatic heterocycles. The van der Waals surface area contributed by atoms with Gasteiger partial charge in [0.2, 0.25) is 5.91 Å². The van der Waals surface area contributed by atoms with Crippen molar-refractivity contribution in [1.29, 1.82) is 0 Å². The Morgan fingerprint density at radius 2 is 1.63 bits per heavy atom. The largest absolute Gasteiger partial charge is 0.345 e. The molecule has 1 fully saturated rings. The molecule has 3 aromatic rings. The molecule has 0 radical (unpaired) electrons. The minimum absolute atomic E-state index is 0.197. The lowest BCUT2D eigenvalue weighted by molar-refractivity contribution is -0.121. The van der Waals surface area contributed by atoms with Gasteiger partial charge in [0.25, 0.3) is 11.8 Å². The molecule has 0 bridgehead atoms. The second-order valence-electron chi connectivity index (χ2n) is 8.74.